The molecule has 1 N–H and O–H groups in total. The van der Waals surface area contributed by atoms with E-state index in [1.54, 1.807) is 0 Å². The number of ether oxygens (including phenoxy) is 2. The van der Waals surface area contributed by atoms with E-state index in [0.29, 0.717) is 23.9 Å². The van der Waals surface area contributed by atoms with Gasteiger partial charge in [0.25, 0.3) is 0 Å². The minimum absolute atomic E-state index is 0.0191. The quantitative estimate of drug-likeness (QED) is 0.591. The van der Waals surface area contributed by atoms with E-state index in [2.05, 4.69) is 13.8 Å². The molecule has 156 valence electrons. The highest BCUT2D eigenvalue weighted by atomic mass is 16.6. The van der Waals surface area contributed by atoms with Gasteiger partial charge in [-0.2, -0.15) is 0 Å². The highest BCUT2D eigenvalue weighted by Gasteiger charge is 2.76. The summed E-state index contributed by atoms with van der Waals surface area (Å²) in [6.07, 6.45) is 8.20. The molecule has 0 radical (unpaired) electrons. The second-order valence-electron chi connectivity index (χ2n) is 10.8. The van der Waals surface area contributed by atoms with Crippen molar-refractivity contribution in [2.24, 2.45) is 34.5 Å². The lowest BCUT2D eigenvalue weighted by molar-refractivity contribution is -0.150. The maximum atomic E-state index is 12.8. The summed E-state index contributed by atoms with van der Waals surface area (Å²) in [6.45, 7) is 6.04. The molecule has 1 heterocycles. The lowest BCUT2D eigenvalue weighted by Gasteiger charge is -2.59. The number of hydrogen-bond acceptors (Lipinski definition) is 5. The molecule has 0 bridgehead atoms. The third-order valence-corrected chi connectivity index (χ3v) is 9.87. The van der Waals surface area contributed by atoms with Crippen molar-refractivity contribution in [3.63, 3.8) is 0 Å². The molecular formula is C23H34O5. The van der Waals surface area contributed by atoms with Crippen LogP contribution in [0.3, 0.4) is 0 Å². The van der Waals surface area contributed by atoms with Gasteiger partial charge in [-0.3, -0.25) is 9.59 Å². The van der Waals surface area contributed by atoms with E-state index in [-0.39, 0.29) is 46.8 Å². The number of hydrogen-bond donors (Lipinski definition) is 1. The molecule has 5 fully saturated rings. The van der Waals surface area contributed by atoms with Crippen LogP contribution in [0.25, 0.3) is 0 Å². The molecule has 5 aliphatic rings. The third-order valence-electron chi connectivity index (χ3n) is 9.87. The molecule has 9 unspecified atom stereocenters. The summed E-state index contributed by atoms with van der Waals surface area (Å²) in [5.41, 5.74) is 0.113. The molecule has 1 aliphatic heterocycles. The molecule has 9 atom stereocenters. The van der Waals surface area contributed by atoms with Gasteiger partial charge in [0.05, 0.1) is 12.2 Å². The van der Waals surface area contributed by atoms with Crippen molar-refractivity contribution in [1.29, 1.82) is 0 Å². The number of aliphatic hydroxyl groups excluding tert-OH is 1. The number of epoxide rings is 1. The van der Waals surface area contributed by atoms with Crippen LogP contribution in [-0.4, -0.2) is 41.3 Å². The number of carbonyl (C=O) groups is 2. The zero-order chi connectivity index (χ0) is 19.9. The van der Waals surface area contributed by atoms with Crippen LogP contribution in [0.15, 0.2) is 0 Å². The SMILES string of the molecule is CC(=O)OCC(=O)C1CCC2C3CC4OC45CC(O)CCC5(C)C3CCC12C. The Balaban J connectivity index is 1.38. The van der Waals surface area contributed by atoms with Crippen molar-refractivity contribution < 1.29 is 24.2 Å². The van der Waals surface area contributed by atoms with Crippen LogP contribution in [0.4, 0.5) is 0 Å². The van der Waals surface area contributed by atoms with Gasteiger partial charge in [-0.1, -0.05) is 13.8 Å². The van der Waals surface area contributed by atoms with E-state index in [4.69, 9.17) is 9.47 Å². The number of aliphatic hydroxyl groups is 1. The predicted molar refractivity (Wildman–Crippen MR) is 102 cm³/mol. The van der Waals surface area contributed by atoms with Crippen molar-refractivity contribution in [3.05, 3.63) is 0 Å². The number of fused-ring (bicyclic) bond motifs is 4. The molecule has 4 aliphatic carbocycles. The fourth-order valence-corrected chi connectivity index (χ4v) is 8.46. The average molecular weight is 391 g/mol. The van der Waals surface area contributed by atoms with E-state index < -0.39 is 0 Å². The first kappa shape index (κ1) is 19.0. The number of carbonyl (C=O) groups excluding carboxylic acids is 2. The zero-order valence-electron chi connectivity index (χ0n) is 17.4. The fraction of sp³-hybridized carbons (Fsp3) is 0.913. The Morgan fingerprint density at radius 3 is 2.64 bits per heavy atom. The Hall–Kier alpha value is -0.940. The maximum Gasteiger partial charge on any atom is 0.303 e. The first-order valence-electron chi connectivity index (χ1n) is 11.2. The maximum absolute atomic E-state index is 12.8. The zero-order valence-corrected chi connectivity index (χ0v) is 17.4. The molecule has 1 saturated heterocycles. The van der Waals surface area contributed by atoms with Gasteiger partial charge in [-0.25, -0.2) is 0 Å². The summed E-state index contributed by atoms with van der Waals surface area (Å²) >= 11 is 0. The van der Waals surface area contributed by atoms with Crippen LogP contribution in [-0.2, 0) is 19.1 Å². The van der Waals surface area contributed by atoms with Crippen LogP contribution < -0.4 is 0 Å². The molecule has 0 aromatic heterocycles. The topological polar surface area (TPSA) is 76.1 Å². The van der Waals surface area contributed by atoms with Gasteiger partial charge in [0, 0.05) is 24.7 Å². The molecule has 5 rings (SSSR count). The smallest absolute Gasteiger partial charge is 0.303 e. The molecule has 4 saturated carbocycles. The van der Waals surface area contributed by atoms with Crippen molar-refractivity contribution in [3.8, 4) is 0 Å². The molecule has 0 amide bonds. The highest BCUT2D eigenvalue weighted by Crippen LogP contribution is 2.73. The van der Waals surface area contributed by atoms with E-state index in [0.717, 1.165) is 51.4 Å². The number of ketones is 1. The van der Waals surface area contributed by atoms with Gasteiger partial charge in [0.15, 0.2) is 5.78 Å². The Labute approximate surface area is 167 Å². The van der Waals surface area contributed by atoms with E-state index in [1.165, 1.54) is 6.92 Å². The van der Waals surface area contributed by atoms with Crippen LogP contribution in [0.5, 0.6) is 0 Å². The standard InChI is InChI=1S/C23H34O5/c1-13(24)27-12-19(26)18-5-4-16-15-10-20-23(28-20)11-14(25)6-9-22(23,3)17(15)7-8-21(16,18)2/h14-18,20,25H,4-12H2,1-3H3. The average Bonchev–Trinajstić information content (AvgIpc) is 3.21. The third kappa shape index (κ3) is 2.38. The molecule has 5 nitrogen and oxygen atoms in total. The van der Waals surface area contributed by atoms with E-state index in [9.17, 15) is 14.7 Å². The van der Waals surface area contributed by atoms with Crippen molar-refractivity contribution in [2.75, 3.05) is 6.61 Å². The first-order chi connectivity index (χ1) is 13.2. The van der Waals surface area contributed by atoms with Gasteiger partial charge in [0.1, 0.15) is 12.2 Å². The Morgan fingerprint density at radius 1 is 1.11 bits per heavy atom. The summed E-state index contributed by atoms with van der Waals surface area (Å²) < 4.78 is 11.4. The van der Waals surface area contributed by atoms with Crippen LogP contribution in [0, 0.1) is 34.5 Å². The molecule has 0 aromatic rings. The molecular weight excluding hydrogens is 356 g/mol. The van der Waals surface area contributed by atoms with E-state index in [1.807, 2.05) is 0 Å². The van der Waals surface area contributed by atoms with E-state index >= 15 is 0 Å². The van der Waals surface area contributed by atoms with Crippen molar-refractivity contribution >= 4 is 11.8 Å². The van der Waals surface area contributed by atoms with Crippen LogP contribution in [0.1, 0.15) is 72.1 Å². The van der Waals surface area contributed by atoms with Gasteiger partial charge in [-0.15, -0.1) is 0 Å². The summed E-state index contributed by atoms with van der Waals surface area (Å²) in [6, 6.07) is 0. The molecule has 1 spiro atoms. The normalized spacial score (nSPS) is 54.0. The molecule has 5 heteroatoms. The first-order valence-corrected chi connectivity index (χ1v) is 11.2. The Morgan fingerprint density at radius 2 is 1.89 bits per heavy atom. The lowest BCUT2D eigenvalue weighted by Crippen LogP contribution is -2.58. The summed E-state index contributed by atoms with van der Waals surface area (Å²) in [7, 11) is 0. The van der Waals surface area contributed by atoms with Gasteiger partial charge >= 0.3 is 5.97 Å². The minimum atomic E-state index is -0.376. The second-order valence-corrected chi connectivity index (χ2v) is 10.8. The lowest BCUT2D eigenvalue weighted by atomic mass is 9.44. The molecule has 28 heavy (non-hydrogen) atoms. The minimum Gasteiger partial charge on any atom is -0.458 e. The predicted octanol–water partition coefficient (Wildman–Crippen LogP) is 3.27. The molecule has 0 aromatic carbocycles. The summed E-state index contributed by atoms with van der Waals surface area (Å²) in [4.78, 5) is 24.0. The summed E-state index contributed by atoms with van der Waals surface area (Å²) in [5.74, 6) is 1.57. The largest absolute Gasteiger partial charge is 0.458 e. The van der Waals surface area contributed by atoms with Crippen LogP contribution in [0.2, 0.25) is 0 Å². The Kier molecular flexibility index (Phi) is 4.11. The number of esters is 1. The summed E-state index contributed by atoms with van der Waals surface area (Å²) in [5, 5.41) is 10.3. The number of Topliss-reactive ketones (excluding diaryl/α,β-unsaturated/α-hetero) is 1. The second kappa shape index (κ2) is 6.04. The van der Waals surface area contributed by atoms with Crippen LogP contribution >= 0.6 is 0 Å². The monoisotopic (exact) mass is 390 g/mol. The van der Waals surface area contributed by atoms with Gasteiger partial charge in [0.2, 0.25) is 0 Å². The van der Waals surface area contributed by atoms with Crippen molar-refractivity contribution in [1.82, 2.24) is 0 Å². The van der Waals surface area contributed by atoms with Crippen molar-refractivity contribution in [2.45, 2.75) is 89.9 Å². The number of rotatable bonds is 3. The van der Waals surface area contributed by atoms with Gasteiger partial charge < -0.3 is 14.6 Å². The Bertz CT molecular complexity index is 705. The fourth-order valence-electron chi connectivity index (χ4n) is 8.46. The highest BCUT2D eigenvalue weighted by molar-refractivity contribution is 5.85. The van der Waals surface area contributed by atoms with Gasteiger partial charge in [-0.05, 0) is 68.1 Å².